The van der Waals surface area contributed by atoms with Crippen molar-refractivity contribution in [1.29, 1.82) is 0 Å². The number of hydrogen-bond donors (Lipinski definition) is 1. The Labute approximate surface area is 226 Å². The number of hydrogen-bond acceptors (Lipinski definition) is 5. The summed E-state index contributed by atoms with van der Waals surface area (Å²) in [4.78, 5) is 22.5. The minimum atomic E-state index is -1.10. The molecule has 0 atom stereocenters. The first kappa shape index (κ1) is 33.9. The zero-order valence-electron chi connectivity index (χ0n) is 24.1. The number of carbonyl (C=O) groups excluding carboxylic acids is 2. The van der Waals surface area contributed by atoms with Crippen LogP contribution in [0.2, 0.25) is 0 Å². The second-order valence-corrected chi connectivity index (χ2v) is 13.0. The first-order valence-electron chi connectivity index (χ1n) is 12.1. The molecule has 0 saturated carbocycles. The summed E-state index contributed by atoms with van der Waals surface area (Å²) in [6.07, 6.45) is 0. The van der Waals surface area contributed by atoms with E-state index in [0.29, 0.717) is 11.1 Å². The maximum absolute atomic E-state index is 11.2. The standard InChI is InChI=1S/2C15H22O2.Al.H2O/c2*1-14(2,3)11-9-7-8-10(13(16)17)12(11)15(4,5)6;;/h2*7-9H,1-6H3,(H,16,17);;1H2/q;;+3;/p-3. The first-order valence-corrected chi connectivity index (χ1v) is 12.6. The summed E-state index contributed by atoms with van der Waals surface area (Å²) < 4.78 is 6.92. The van der Waals surface area contributed by atoms with Crippen molar-refractivity contribution < 1.29 is 24.0 Å². The van der Waals surface area contributed by atoms with E-state index in [2.05, 4.69) is 41.5 Å². The van der Waals surface area contributed by atoms with Crippen LogP contribution >= 0.6 is 0 Å². The SMILES string of the molecule is CC(C)(C)c1cccc(C(=O)[O-])c1C(C)(C)C.CC(C)(C)c1cccc(C(=O)[O-])c1C(C)(C)C.[OH][Al+2]. The third kappa shape index (κ3) is 9.07. The second-order valence-electron chi connectivity index (χ2n) is 13.0. The molecule has 0 aliphatic carbocycles. The van der Waals surface area contributed by atoms with Gasteiger partial charge in [-0.05, 0) is 43.9 Å². The Morgan fingerprint density at radius 2 is 0.806 bits per heavy atom. The fraction of sp³-hybridized carbons (Fsp3) is 0.533. The molecule has 2 aromatic rings. The molecule has 1 N–H and O–H groups in total. The molecule has 6 heteroatoms. The molecule has 5 nitrogen and oxygen atoms in total. The van der Waals surface area contributed by atoms with E-state index in [9.17, 15) is 19.8 Å². The predicted octanol–water partition coefficient (Wildman–Crippen LogP) is 4.35. The Bertz CT molecular complexity index is 957. The van der Waals surface area contributed by atoms with Gasteiger partial charge < -0.3 is 19.8 Å². The molecular weight excluding hydrogens is 467 g/mol. The molecule has 36 heavy (non-hydrogen) atoms. The number of carboxylic acids is 2. The van der Waals surface area contributed by atoms with Crippen molar-refractivity contribution in [3.8, 4) is 0 Å². The summed E-state index contributed by atoms with van der Waals surface area (Å²) in [5.41, 5.74) is 3.97. The average Bonchev–Trinajstić information content (AvgIpc) is 2.72. The van der Waals surface area contributed by atoms with Crippen LogP contribution < -0.4 is 10.2 Å². The van der Waals surface area contributed by atoms with Crippen molar-refractivity contribution in [2.75, 3.05) is 0 Å². The number of benzene rings is 2. The van der Waals surface area contributed by atoms with Crippen LogP contribution in [0.15, 0.2) is 36.4 Å². The van der Waals surface area contributed by atoms with Crippen molar-refractivity contribution in [1.82, 2.24) is 0 Å². The van der Waals surface area contributed by atoms with Crippen LogP contribution in [0.1, 0.15) is 126 Å². The molecule has 0 radical (unpaired) electrons. The van der Waals surface area contributed by atoms with Gasteiger partial charge in [0.1, 0.15) is 0 Å². The van der Waals surface area contributed by atoms with E-state index in [4.69, 9.17) is 4.16 Å². The molecule has 0 amide bonds. The second kappa shape index (κ2) is 12.4. The van der Waals surface area contributed by atoms with E-state index < -0.39 is 11.9 Å². The van der Waals surface area contributed by atoms with Crippen molar-refractivity contribution in [2.24, 2.45) is 0 Å². The molecule has 0 spiro atoms. The monoisotopic (exact) mass is 510 g/mol. The summed E-state index contributed by atoms with van der Waals surface area (Å²) >= 11 is 1.42. The van der Waals surface area contributed by atoms with Crippen LogP contribution in [0, 0.1) is 0 Å². The van der Waals surface area contributed by atoms with Gasteiger partial charge in [-0.15, -0.1) is 0 Å². The normalized spacial score (nSPS) is 12.1. The zero-order valence-corrected chi connectivity index (χ0v) is 25.3. The molecule has 2 rings (SSSR count). The Kier molecular flexibility index (Phi) is 11.7. The molecular formula is C30H43AlO5. The van der Waals surface area contributed by atoms with Crippen molar-refractivity contribution in [2.45, 2.75) is 105 Å². The third-order valence-electron chi connectivity index (χ3n) is 5.68. The Hall–Kier alpha value is -2.13. The molecule has 196 valence electrons. The van der Waals surface area contributed by atoms with Crippen LogP contribution in [0.25, 0.3) is 0 Å². The van der Waals surface area contributed by atoms with Gasteiger partial charge in [-0.2, -0.15) is 0 Å². The summed E-state index contributed by atoms with van der Waals surface area (Å²) in [7, 11) is 0. The van der Waals surface area contributed by atoms with Gasteiger partial charge in [0.2, 0.25) is 0 Å². The van der Waals surface area contributed by atoms with Crippen LogP contribution in [0.4, 0.5) is 0 Å². The summed E-state index contributed by atoms with van der Waals surface area (Å²) in [5, 5.41) is 22.5. The van der Waals surface area contributed by atoms with Crippen molar-refractivity contribution >= 4 is 28.6 Å². The molecule has 2 aromatic carbocycles. The van der Waals surface area contributed by atoms with Crippen LogP contribution in [0.3, 0.4) is 0 Å². The predicted molar refractivity (Wildman–Crippen MR) is 144 cm³/mol. The first-order chi connectivity index (χ1) is 16.1. The summed E-state index contributed by atoms with van der Waals surface area (Å²) in [6, 6.07) is 10.9. The summed E-state index contributed by atoms with van der Waals surface area (Å²) in [6.45, 7) is 24.8. The fourth-order valence-electron chi connectivity index (χ4n) is 4.31. The fourth-order valence-corrected chi connectivity index (χ4v) is 4.31. The quantitative estimate of drug-likeness (QED) is 0.606. The Morgan fingerprint density at radius 3 is 0.972 bits per heavy atom. The van der Waals surface area contributed by atoms with E-state index >= 15 is 0 Å². The van der Waals surface area contributed by atoms with Crippen LogP contribution in [-0.4, -0.2) is 32.7 Å². The van der Waals surface area contributed by atoms with Gasteiger partial charge >= 0.3 is 20.8 Å². The van der Waals surface area contributed by atoms with Gasteiger partial charge in [0, 0.05) is 11.1 Å². The van der Waals surface area contributed by atoms with Crippen LogP contribution in [0.5, 0.6) is 0 Å². The molecule has 0 aliphatic rings. The van der Waals surface area contributed by atoms with Gasteiger partial charge in [-0.1, -0.05) is 119 Å². The van der Waals surface area contributed by atoms with E-state index in [-0.39, 0.29) is 21.7 Å². The zero-order chi connectivity index (χ0) is 28.9. The van der Waals surface area contributed by atoms with Crippen molar-refractivity contribution in [3.63, 3.8) is 0 Å². The van der Waals surface area contributed by atoms with Crippen molar-refractivity contribution in [3.05, 3.63) is 69.8 Å². The number of rotatable bonds is 2. The maximum atomic E-state index is 11.2. The topological polar surface area (TPSA) is 100 Å². The number of carbonyl (C=O) groups is 2. The summed E-state index contributed by atoms with van der Waals surface area (Å²) in [5.74, 6) is -2.19. The van der Waals surface area contributed by atoms with E-state index in [1.807, 2.05) is 53.7 Å². The molecule has 0 saturated heterocycles. The molecule has 0 aliphatic heterocycles. The van der Waals surface area contributed by atoms with Gasteiger partial charge in [0.25, 0.3) is 0 Å². The van der Waals surface area contributed by atoms with Gasteiger partial charge in [0.15, 0.2) is 0 Å². The average molecular weight is 511 g/mol. The molecule has 0 bridgehead atoms. The minimum absolute atomic E-state index is 0.0753. The molecule has 0 aromatic heterocycles. The van der Waals surface area contributed by atoms with Gasteiger partial charge in [-0.25, -0.2) is 0 Å². The third-order valence-corrected chi connectivity index (χ3v) is 5.68. The number of aromatic carboxylic acids is 2. The Morgan fingerprint density at radius 1 is 0.556 bits per heavy atom. The van der Waals surface area contributed by atoms with Gasteiger partial charge in [-0.3, -0.25) is 0 Å². The number of carboxylic acid groups (broad SMARTS) is 2. The van der Waals surface area contributed by atoms with E-state index in [1.165, 1.54) is 16.6 Å². The molecule has 0 heterocycles. The molecule has 0 unspecified atom stereocenters. The van der Waals surface area contributed by atoms with E-state index in [1.54, 1.807) is 24.3 Å². The van der Waals surface area contributed by atoms with Crippen LogP contribution in [-0.2, 0) is 21.7 Å². The van der Waals surface area contributed by atoms with Gasteiger partial charge in [0.05, 0.1) is 11.9 Å². The van der Waals surface area contributed by atoms with E-state index in [0.717, 1.165) is 22.3 Å². The Balaban J connectivity index is 0.000000637. The molecule has 0 fully saturated rings.